The standard InChI is InChI=1S/C32H33ClFNO2.ClH/c1-21-6-12-28(30(33)16-21)29-5-2-4-25-18-26(32(36)37)11-13-27(25)31(29)24-9-7-22(8-10-24)17-23-19-35(20-23)15-3-14-34;/h6-13,16,18,23H,2-5,14-15,17,19-20H2,1H3,(H,36,37);1H. The molecule has 1 aliphatic heterocycles. The van der Waals surface area contributed by atoms with Crippen molar-refractivity contribution in [3.8, 4) is 0 Å². The number of carboxylic acid groups (broad SMARTS) is 1. The van der Waals surface area contributed by atoms with Gasteiger partial charge in [0.1, 0.15) is 0 Å². The Morgan fingerprint density at radius 1 is 1.03 bits per heavy atom. The Balaban J connectivity index is 0.00000336. The Morgan fingerprint density at radius 3 is 2.45 bits per heavy atom. The molecule has 3 aromatic carbocycles. The number of carbonyl (C=O) groups is 1. The first-order valence-corrected chi connectivity index (χ1v) is 13.5. The molecule has 1 saturated heterocycles. The number of fused-ring (bicyclic) bond motifs is 1. The van der Waals surface area contributed by atoms with Crippen molar-refractivity contribution in [1.82, 2.24) is 4.90 Å². The number of likely N-dealkylation sites (tertiary alicyclic amines) is 1. The highest BCUT2D eigenvalue weighted by atomic mass is 35.5. The van der Waals surface area contributed by atoms with E-state index < -0.39 is 5.97 Å². The predicted octanol–water partition coefficient (Wildman–Crippen LogP) is 7.90. The summed E-state index contributed by atoms with van der Waals surface area (Å²) in [7, 11) is 0. The number of halogens is 3. The number of allylic oxidation sites excluding steroid dienone is 1. The lowest BCUT2D eigenvalue weighted by molar-refractivity contribution is 0.0696. The number of hydrogen-bond donors (Lipinski definition) is 1. The summed E-state index contributed by atoms with van der Waals surface area (Å²) >= 11 is 6.77. The topological polar surface area (TPSA) is 40.5 Å². The van der Waals surface area contributed by atoms with E-state index in [0.717, 1.165) is 83.7 Å². The van der Waals surface area contributed by atoms with E-state index >= 15 is 0 Å². The first kappa shape index (κ1) is 28.4. The molecule has 0 bridgehead atoms. The molecule has 0 aromatic heterocycles. The van der Waals surface area contributed by atoms with Crippen molar-refractivity contribution in [3.63, 3.8) is 0 Å². The zero-order chi connectivity index (χ0) is 25.9. The molecule has 1 aliphatic carbocycles. The molecule has 0 unspecified atom stereocenters. The molecule has 3 aromatic rings. The molecular formula is C32H34Cl2FNO2. The highest BCUT2D eigenvalue weighted by Crippen LogP contribution is 2.42. The van der Waals surface area contributed by atoms with Gasteiger partial charge in [-0.25, -0.2) is 4.79 Å². The van der Waals surface area contributed by atoms with Crippen LogP contribution in [0, 0.1) is 12.8 Å². The quantitative estimate of drug-likeness (QED) is 0.308. The van der Waals surface area contributed by atoms with Crippen LogP contribution in [0.2, 0.25) is 5.02 Å². The zero-order valence-corrected chi connectivity index (χ0v) is 23.3. The second-order valence-corrected chi connectivity index (χ2v) is 10.8. The third-order valence-electron chi connectivity index (χ3n) is 7.65. The van der Waals surface area contributed by atoms with Crippen molar-refractivity contribution in [1.29, 1.82) is 0 Å². The number of benzene rings is 3. The van der Waals surface area contributed by atoms with E-state index in [-0.39, 0.29) is 19.1 Å². The van der Waals surface area contributed by atoms with Gasteiger partial charge in [-0.05, 0) is 108 Å². The number of aromatic carboxylic acids is 1. The Morgan fingerprint density at radius 2 is 1.76 bits per heavy atom. The van der Waals surface area contributed by atoms with Crippen molar-refractivity contribution in [2.45, 2.75) is 39.0 Å². The van der Waals surface area contributed by atoms with E-state index in [1.54, 1.807) is 6.07 Å². The van der Waals surface area contributed by atoms with Crippen LogP contribution in [-0.2, 0) is 12.8 Å². The van der Waals surface area contributed by atoms with Crippen LogP contribution in [0.3, 0.4) is 0 Å². The molecule has 0 amide bonds. The fourth-order valence-electron chi connectivity index (χ4n) is 5.80. The first-order chi connectivity index (χ1) is 17.9. The van der Waals surface area contributed by atoms with Crippen LogP contribution in [-0.4, -0.2) is 42.3 Å². The molecule has 5 rings (SSSR count). The number of hydrogen-bond acceptors (Lipinski definition) is 2. The lowest BCUT2D eigenvalue weighted by Gasteiger charge is -2.39. The van der Waals surface area contributed by atoms with Gasteiger partial charge in [-0.2, -0.15) is 0 Å². The third-order valence-corrected chi connectivity index (χ3v) is 7.97. The lowest BCUT2D eigenvalue weighted by Crippen LogP contribution is -2.47. The fourth-order valence-corrected chi connectivity index (χ4v) is 6.15. The average Bonchev–Trinajstić information content (AvgIpc) is 3.04. The largest absolute Gasteiger partial charge is 0.478 e. The van der Waals surface area contributed by atoms with Crippen molar-refractivity contribution in [2.75, 3.05) is 26.3 Å². The average molecular weight is 555 g/mol. The smallest absolute Gasteiger partial charge is 0.335 e. The summed E-state index contributed by atoms with van der Waals surface area (Å²) in [6.07, 6.45) is 4.27. The zero-order valence-electron chi connectivity index (χ0n) is 21.7. The van der Waals surface area contributed by atoms with Gasteiger partial charge in [-0.1, -0.05) is 54.1 Å². The van der Waals surface area contributed by atoms with Crippen molar-refractivity contribution >= 4 is 41.1 Å². The number of alkyl halides is 1. The van der Waals surface area contributed by atoms with Crippen LogP contribution in [0.1, 0.15) is 63.0 Å². The molecule has 1 fully saturated rings. The summed E-state index contributed by atoms with van der Waals surface area (Å²) in [5.74, 6) is -0.275. The summed E-state index contributed by atoms with van der Waals surface area (Å²) in [5.41, 5.74) is 9.44. The van der Waals surface area contributed by atoms with Gasteiger partial charge in [0.25, 0.3) is 0 Å². The van der Waals surface area contributed by atoms with Crippen LogP contribution in [0.25, 0.3) is 11.1 Å². The van der Waals surface area contributed by atoms with Crippen molar-refractivity contribution in [3.05, 3.63) is 105 Å². The molecule has 200 valence electrons. The fraction of sp³-hybridized carbons (Fsp3) is 0.344. The van der Waals surface area contributed by atoms with Crippen LogP contribution in [0.15, 0.2) is 60.7 Å². The van der Waals surface area contributed by atoms with E-state index in [1.165, 1.54) is 11.1 Å². The van der Waals surface area contributed by atoms with E-state index in [9.17, 15) is 14.3 Å². The highest BCUT2D eigenvalue weighted by molar-refractivity contribution is 6.32. The Labute approximate surface area is 235 Å². The van der Waals surface area contributed by atoms with E-state index in [2.05, 4.69) is 41.3 Å². The lowest BCUT2D eigenvalue weighted by atomic mass is 9.86. The molecule has 3 nitrogen and oxygen atoms in total. The minimum absolute atomic E-state index is 0. The van der Waals surface area contributed by atoms with Crippen molar-refractivity contribution < 1.29 is 14.3 Å². The maximum absolute atomic E-state index is 12.4. The number of carboxylic acids is 1. The maximum Gasteiger partial charge on any atom is 0.335 e. The Bertz CT molecular complexity index is 1330. The van der Waals surface area contributed by atoms with Gasteiger partial charge < -0.3 is 10.0 Å². The molecule has 0 saturated carbocycles. The van der Waals surface area contributed by atoms with E-state index in [0.29, 0.717) is 17.9 Å². The number of rotatable bonds is 8. The molecule has 6 heteroatoms. The summed E-state index contributed by atoms with van der Waals surface area (Å²) < 4.78 is 12.4. The van der Waals surface area contributed by atoms with Crippen LogP contribution in [0.4, 0.5) is 4.39 Å². The van der Waals surface area contributed by atoms with Crippen LogP contribution in [0.5, 0.6) is 0 Å². The van der Waals surface area contributed by atoms with Gasteiger partial charge >= 0.3 is 5.97 Å². The second-order valence-electron chi connectivity index (χ2n) is 10.4. The van der Waals surface area contributed by atoms with Crippen molar-refractivity contribution in [2.24, 2.45) is 5.92 Å². The number of nitrogens with zero attached hydrogens (tertiary/aromatic N) is 1. The minimum Gasteiger partial charge on any atom is -0.478 e. The van der Waals surface area contributed by atoms with Crippen LogP contribution >= 0.6 is 24.0 Å². The second kappa shape index (κ2) is 12.5. The summed E-state index contributed by atoms with van der Waals surface area (Å²) in [5, 5.41) is 10.3. The first-order valence-electron chi connectivity index (χ1n) is 13.2. The number of aryl methyl sites for hydroxylation is 2. The van der Waals surface area contributed by atoms with Gasteiger partial charge in [-0.3, -0.25) is 4.39 Å². The molecule has 2 aliphatic rings. The van der Waals surface area contributed by atoms with Gasteiger partial charge in [0.05, 0.1) is 12.2 Å². The predicted molar refractivity (Wildman–Crippen MR) is 156 cm³/mol. The molecule has 0 radical (unpaired) electrons. The monoisotopic (exact) mass is 553 g/mol. The normalized spacial score (nSPS) is 15.9. The van der Waals surface area contributed by atoms with Crippen LogP contribution < -0.4 is 0 Å². The van der Waals surface area contributed by atoms with E-state index in [4.69, 9.17) is 11.6 Å². The molecule has 0 atom stereocenters. The minimum atomic E-state index is -0.900. The third kappa shape index (κ3) is 6.14. The summed E-state index contributed by atoms with van der Waals surface area (Å²) in [4.78, 5) is 14.0. The Hall–Kier alpha value is -2.66. The van der Waals surface area contributed by atoms with Gasteiger partial charge in [0.2, 0.25) is 0 Å². The van der Waals surface area contributed by atoms with E-state index in [1.807, 2.05) is 25.1 Å². The van der Waals surface area contributed by atoms with Gasteiger partial charge in [0.15, 0.2) is 0 Å². The summed E-state index contributed by atoms with van der Waals surface area (Å²) in [6.45, 7) is 4.74. The Kier molecular flexibility index (Phi) is 9.30. The molecular weight excluding hydrogens is 520 g/mol. The molecule has 1 heterocycles. The molecule has 0 spiro atoms. The molecule has 38 heavy (non-hydrogen) atoms. The highest BCUT2D eigenvalue weighted by Gasteiger charge is 2.26. The SMILES string of the molecule is Cc1ccc(C2=C(c3ccc(CC4CN(CCCF)C4)cc3)c3ccc(C(=O)O)cc3CCC2)c(Cl)c1.Cl. The summed E-state index contributed by atoms with van der Waals surface area (Å²) in [6, 6.07) is 20.6. The van der Waals surface area contributed by atoms with Gasteiger partial charge in [-0.15, -0.1) is 12.4 Å². The maximum atomic E-state index is 12.4. The van der Waals surface area contributed by atoms with Gasteiger partial charge in [0, 0.05) is 24.7 Å². The molecule has 1 N–H and O–H groups in total.